The minimum absolute atomic E-state index is 0.0634. The molecule has 0 heterocycles. The van der Waals surface area contributed by atoms with Gasteiger partial charge < -0.3 is 15.4 Å². The van der Waals surface area contributed by atoms with E-state index in [0.29, 0.717) is 13.2 Å². The average Bonchev–Trinajstić information content (AvgIpc) is 2.61. The Bertz CT molecular complexity index is 746. The molecule has 0 aliphatic carbocycles. The molecule has 0 saturated heterocycles. The Kier molecular flexibility index (Phi) is 7.38. The van der Waals surface area contributed by atoms with Crippen LogP contribution in [0.5, 0.6) is 0 Å². The first-order valence-electron chi connectivity index (χ1n) is 8.56. The van der Waals surface area contributed by atoms with Crippen LogP contribution in [0.2, 0.25) is 0 Å². The van der Waals surface area contributed by atoms with Crippen molar-refractivity contribution in [3.05, 3.63) is 65.2 Å². The normalized spacial score (nSPS) is 12.6. The van der Waals surface area contributed by atoms with Crippen molar-refractivity contribution in [3.63, 3.8) is 0 Å². The third kappa shape index (κ3) is 6.69. The number of carbonyl (C=O) groups is 1. The van der Waals surface area contributed by atoms with Gasteiger partial charge in [-0.3, -0.25) is 4.79 Å². The zero-order valence-corrected chi connectivity index (χ0v) is 15.3. The molecule has 2 rings (SSSR count). The molecule has 2 aromatic carbocycles. The van der Waals surface area contributed by atoms with Gasteiger partial charge in [0.2, 0.25) is 5.91 Å². The molecule has 7 heteroatoms. The van der Waals surface area contributed by atoms with Gasteiger partial charge >= 0.3 is 6.18 Å². The minimum atomic E-state index is -4.51. The molecule has 1 atom stereocenters. The van der Waals surface area contributed by atoms with Crippen molar-refractivity contribution >= 4 is 11.6 Å². The molecule has 0 radical (unpaired) electrons. The quantitative estimate of drug-likeness (QED) is 0.716. The van der Waals surface area contributed by atoms with Gasteiger partial charge in [-0.15, -0.1) is 0 Å². The Morgan fingerprint density at radius 3 is 2.33 bits per heavy atom. The second kappa shape index (κ2) is 9.53. The van der Waals surface area contributed by atoms with Crippen LogP contribution >= 0.6 is 0 Å². The molecule has 0 aliphatic rings. The summed E-state index contributed by atoms with van der Waals surface area (Å²) >= 11 is 0. The lowest BCUT2D eigenvalue weighted by Gasteiger charge is -2.16. The van der Waals surface area contributed by atoms with Crippen molar-refractivity contribution in [2.24, 2.45) is 0 Å². The van der Waals surface area contributed by atoms with E-state index < -0.39 is 17.6 Å². The van der Waals surface area contributed by atoms with Crippen molar-refractivity contribution in [1.29, 1.82) is 0 Å². The second-order valence-corrected chi connectivity index (χ2v) is 6.33. The molecule has 0 saturated carbocycles. The monoisotopic (exact) mass is 380 g/mol. The summed E-state index contributed by atoms with van der Waals surface area (Å²) in [6, 6.07) is 12.6. The number of anilines is 1. The number of para-hydroxylation sites is 1. The molecule has 0 spiro atoms. The number of rotatable bonds is 8. The summed E-state index contributed by atoms with van der Waals surface area (Å²) in [5.74, 6) is -0.470. The zero-order chi connectivity index (χ0) is 19.9. The van der Waals surface area contributed by atoms with Gasteiger partial charge in [0.05, 0.1) is 17.9 Å². The summed E-state index contributed by atoms with van der Waals surface area (Å²) in [6.07, 6.45) is -4.45. The Morgan fingerprint density at radius 1 is 1.07 bits per heavy atom. The first-order valence-corrected chi connectivity index (χ1v) is 8.56. The van der Waals surface area contributed by atoms with Gasteiger partial charge in [-0.05, 0) is 30.2 Å². The van der Waals surface area contributed by atoms with Gasteiger partial charge in [-0.1, -0.05) is 36.4 Å². The third-order valence-corrected chi connectivity index (χ3v) is 3.99. The van der Waals surface area contributed by atoms with Crippen molar-refractivity contribution in [1.82, 2.24) is 5.32 Å². The lowest BCUT2D eigenvalue weighted by atomic mass is 10.1. The van der Waals surface area contributed by atoms with Gasteiger partial charge in [0.25, 0.3) is 0 Å². The van der Waals surface area contributed by atoms with Crippen LogP contribution in [0.1, 0.15) is 30.0 Å². The van der Waals surface area contributed by atoms with Gasteiger partial charge in [0.15, 0.2) is 0 Å². The van der Waals surface area contributed by atoms with E-state index in [9.17, 15) is 18.0 Å². The highest BCUT2D eigenvalue weighted by Gasteiger charge is 2.33. The molecule has 0 fully saturated rings. The van der Waals surface area contributed by atoms with Crippen LogP contribution in [0.25, 0.3) is 0 Å². The van der Waals surface area contributed by atoms with E-state index in [4.69, 9.17) is 4.74 Å². The number of nitrogens with one attached hydrogen (secondary N) is 2. The number of amides is 1. The molecule has 146 valence electrons. The van der Waals surface area contributed by atoms with Crippen LogP contribution < -0.4 is 10.6 Å². The second-order valence-electron chi connectivity index (χ2n) is 6.33. The highest BCUT2D eigenvalue weighted by atomic mass is 19.4. The average molecular weight is 380 g/mol. The maximum absolute atomic E-state index is 13.0. The first-order chi connectivity index (χ1) is 12.8. The lowest BCUT2D eigenvalue weighted by Crippen LogP contribution is -2.30. The van der Waals surface area contributed by atoms with Crippen molar-refractivity contribution in [2.45, 2.75) is 38.7 Å². The lowest BCUT2D eigenvalue weighted by molar-refractivity contribution is -0.137. The predicted molar refractivity (Wildman–Crippen MR) is 98.1 cm³/mol. The van der Waals surface area contributed by atoms with Crippen LogP contribution in [-0.4, -0.2) is 19.1 Å². The van der Waals surface area contributed by atoms with E-state index in [1.807, 2.05) is 31.2 Å². The summed E-state index contributed by atoms with van der Waals surface area (Å²) in [7, 11) is 1.63. The van der Waals surface area contributed by atoms with E-state index in [0.717, 1.165) is 17.2 Å². The smallest absolute Gasteiger partial charge is 0.380 e. The van der Waals surface area contributed by atoms with Crippen LogP contribution in [0.3, 0.4) is 0 Å². The molecule has 27 heavy (non-hydrogen) atoms. The fourth-order valence-corrected chi connectivity index (χ4v) is 2.60. The van der Waals surface area contributed by atoms with Crippen molar-refractivity contribution < 1.29 is 22.7 Å². The number of halogens is 3. The molecular weight excluding hydrogens is 357 g/mol. The topological polar surface area (TPSA) is 50.4 Å². The van der Waals surface area contributed by atoms with Gasteiger partial charge in [0.1, 0.15) is 0 Å². The first kappa shape index (κ1) is 20.9. The summed E-state index contributed by atoms with van der Waals surface area (Å²) in [6.45, 7) is 2.92. The number of hydrogen-bond acceptors (Lipinski definition) is 3. The molecule has 0 aliphatic heterocycles. The van der Waals surface area contributed by atoms with Gasteiger partial charge in [-0.25, -0.2) is 0 Å². The predicted octanol–water partition coefficient (Wildman–Crippen LogP) is 4.36. The molecule has 2 N–H and O–H groups in total. The highest BCUT2D eigenvalue weighted by Crippen LogP contribution is 2.34. The van der Waals surface area contributed by atoms with E-state index in [-0.39, 0.29) is 18.2 Å². The maximum Gasteiger partial charge on any atom is 0.418 e. The summed E-state index contributed by atoms with van der Waals surface area (Å²) in [5.41, 5.74) is 1.03. The highest BCUT2D eigenvalue weighted by molar-refractivity contribution is 5.92. The number of methoxy groups -OCH3 is 1. The van der Waals surface area contributed by atoms with Crippen molar-refractivity contribution in [2.75, 3.05) is 12.4 Å². The largest absolute Gasteiger partial charge is 0.418 e. The van der Waals surface area contributed by atoms with E-state index >= 15 is 0 Å². The number of benzene rings is 2. The summed E-state index contributed by atoms with van der Waals surface area (Å²) < 4.78 is 44.0. The van der Waals surface area contributed by atoms with Crippen molar-refractivity contribution in [3.8, 4) is 0 Å². The molecule has 0 aromatic heterocycles. The number of ether oxygens (including phenoxy) is 1. The number of alkyl halides is 3. The Morgan fingerprint density at radius 2 is 1.70 bits per heavy atom. The third-order valence-electron chi connectivity index (χ3n) is 3.99. The molecular formula is C20H23F3N2O2. The number of hydrogen-bond donors (Lipinski definition) is 2. The number of carbonyl (C=O) groups excluding carboxylic acids is 1. The molecule has 1 amide bonds. The van der Waals surface area contributed by atoms with Crippen LogP contribution in [0.15, 0.2) is 48.5 Å². The fourth-order valence-electron chi connectivity index (χ4n) is 2.60. The maximum atomic E-state index is 13.0. The van der Waals surface area contributed by atoms with Gasteiger partial charge in [-0.2, -0.15) is 13.2 Å². The molecule has 1 unspecified atom stereocenters. The summed E-state index contributed by atoms with van der Waals surface area (Å²) in [5, 5.41) is 5.55. The molecule has 2 aromatic rings. The summed E-state index contributed by atoms with van der Waals surface area (Å²) in [4.78, 5) is 12.1. The van der Waals surface area contributed by atoms with E-state index in [1.54, 1.807) is 7.11 Å². The molecule has 0 bridgehead atoms. The zero-order valence-electron chi connectivity index (χ0n) is 15.3. The standard InChI is InChI=1S/C20H23F3N2O2/c1-14(24-12-15-7-9-16(10-8-15)13-27-2)11-19(26)25-18-6-4-3-5-17(18)20(21,22)23/h3-10,14,24H,11-13H2,1-2H3,(H,25,26). The van der Waals surface area contributed by atoms with Gasteiger partial charge in [0, 0.05) is 26.1 Å². The Labute approximate surface area is 156 Å². The van der Waals surface area contributed by atoms with Crippen LogP contribution in [0.4, 0.5) is 18.9 Å². The van der Waals surface area contributed by atoms with E-state index in [1.165, 1.54) is 18.2 Å². The Balaban J connectivity index is 1.85. The Hall–Kier alpha value is -2.38. The SMILES string of the molecule is COCc1ccc(CNC(C)CC(=O)Nc2ccccc2C(F)(F)F)cc1. The fraction of sp³-hybridized carbons (Fsp3) is 0.350. The van der Waals surface area contributed by atoms with Crippen LogP contribution in [0, 0.1) is 0 Å². The van der Waals surface area contributed by atoms with E-state index in [2.05, 4.69) is 10.6 Å². The minimum Gasteiger partial charge on any atom is -0.380 e. The molecule has 4 nitrogen and oxygen atoms in total. The van der Waals surface area contributed by atoms with Crippen LogP contribution in [-0.2, 0) is 28.9 Å².